The van der Waals surface area contributed by atoms with Gasteiger partial charge >= 0.3 is 0 Å². The van der Waals surface area contributed by atoms with E-state index in [-0.39, 0.29) is 5.56 Å². The van der Waals surface area contributed by atoms with Crippen molar-refractivity contribution in [2.75, 3.05) is 0 Å². The molecular formula is C9H5FN2O2. The predicted octanol–water partition coefficient (Wildman–Crippen LogP) is 1.69. The van der Waals surface area contributed by atoms with Crippen LogP contribution in [0.5, 0.6) is 0 Å². The first-order valence-electron chi connectivity index (χ1n) is 3.83. The minimum absolute atomic E-state index is 0.0113. The molecule has 2 aromatic rings. The van der Waals surface area contributed by atoms with Gasteiger partial charge in [-0.15, -0.1) is 0 Å². The lowest BCUT2D eigenvalue weighted by Crippen LogP contribution is -1.89. The van der Waals surface area contributed by atoms with Crippen LogP contribution in [-0.2, 0) is 0 Å². The largest absolute Gasteiger partial charge is 0.342 e. The maximum Gasteiger partial charge on any atom is 0.214 e. The normalized spacial score (nSPS) is 10.1. The minimum Gasteiger partial charge on any atom is -0.342 e. The summed E-state index contributed by atoms with van der Waals surface area (Å²) in [6, 6.07) is 4.11. The molecule has 1 heterocycles. The summed E-state index contributed by atoms with van der Waals surface area (Å²) in [6.07, 6.45) is 1.61. The molecule has 0 atom stereocenters. The zero-order chi connectivity index (χ0) is 9.97. The summed E-state index contributed by atoms with van der Waals surface area (Å²) in [5, 5.41) is 3.54. The summed E-state index contributed by atoms with van der Waals surface area (Å²) < 4.78 is 17.6. The molecule has 0 spiro atoms. The van der Waals surface area contributed by atoms with Crippen LogP contribution < -0.4 is 0 Å². The molecule has 0 bridgehead atoms. The SMILES string of the molecule is O=Cc1ccc(-c2ncon2)cc1F. The summed E-state index contributed by atoms with van der Waals surface area (Å²) in [4.78, 5) is 14.1. The van der Waals surface area contributed by atoms with Crippen LogP contribution in [0.3, 0.4) is 0 Å². The highest BCUT2D eigenvalue weighted by molar-refractivity contribution is 5.76. The Bertz CT molecular complexity index is 454. The summed E-state index contributed by atoms with van der Waals surface area (Å²) in [5.41, 5.74) is 0.485. The number of carbonyl (C=O) groups is 1. The zero-order valence-corrected chi connectivity index (χ0v) is 6.98. The van der Waals surface area contributed by atoms with Gasteiger partial charge in [-0.3, -0.25) is 4.79 Å². The monoisotopic (exact) mass is 192 g/mol. The topological polar surface area (TPSA) is 56.0 Å². The molecule has 0 aliphatic rings. The highest BCUT2D eigenvalue weighted by atomic mass is 19.1. The van der Waals surface area contributed by atoms with Crippen LogP contribution >= 0.6 is 0 Å². The molecule has 4 nitrogen and oxygen atoms in total. The van der Waals surface area contributed by atoms with E-state index in [9.17, 15) is 9.18 Å². The Hall–Kier alpha value is -2.04. The van der Waals surface area contributed by atoms with Crippen LogP contribution in [0.2, 0.25) is 0 Å². The summed E-state index contributed by atoms with van der Waals surface area (Å²) in [6.45, 7) is 0. The third-order valence-electron chi connectivity index (χ3n) is 1.75. The number of aldehydes is 1. The van der Waals surface area contributed by atoms with Crippen LogP contribution in [0.4, 0.5) is 4.39 Å². The van der Waals surface area contributed by atoms with Gasteiger partial charge in [0.15, 0.2) is 6.29 Å². The molecule has 0 saturated heterocycles. The van der Waals surface area contributed by atoms with Crippen LogP contribution in [-0.4, -0.2) is 16.4 Å². The first-order chi connectivity index (χ1) is 6.81. The fraction of sp³-hybridized carbons (Fsp3) is 0. The average molecular weight is 192 g/mol. The maximum absolute atomic E-state index is 13.1. The lowest BCUT2D eigenvalue weighted by Gasteiger charge is -1.96. The van der Waals surface area contributed by atoms with Crippen LogP contribution in [0.15, 0.2) is 29.1 Å². The second kappa shape index (κ2) is 3.37. The van der Waals surface area contributed by atoms with E-state index in [0.29, 0.717) is 17.7 Å². The molecule has 70 valence electrons. The third-order valence-corrected chi connectivity index (χ3v) is 1.75. The van der Waals surface area contributed by atoms with Gasteiger partial charge in [-0.1, -0.05) is 11.2 Å². The highest BCUT2D eigenvalue weighted by Gasteiger charge is 2.06. The maximum atomic E-state index is 13.1. The molecule has 2 rings (SSSR count). The van der Waals surface area contributed by atoms with Crippen molar-refractivity contribution >= 4 is 6.29 Å². The first-order valence-corrected chi connectivity index (χ1v) is 3.83. The standard InChI is InChI=1S/C9H5FN2O2/c10-8-3-6(1-2-7(8)4-13)9-11-5-14-12-9/h1-5H. The summed E-state index contributed by atoms with van der Waals surface area (Å²) in [7, 11) is 0. The Morgan fingerprint density at radius 3 is 2.86 bits per heavy atom. The first kappa shape index (κ1) is 8.55. The van der Waals surface area contributed by atoms with Crippen LogP contribution in [0, 0.1) is 5.82 Å². The smallest absolute Gasteiger partial charge is 0.214 e. The Labute approximate surface area is 78.4 Å². The molecule has 5 heteroatoms. The number of benzene rings is 1. The van der Waals surface area contributed by atoms with Gasteiger partial charge in [0.1, 0.15) is 5.82 Å². The number of carbonyl (C=O) groups excluding carboxylic acids is 1. The zero-order valence-electron chi connectivity index (χ0n) is 6.98. The lowest BCUT2D eigenvalue weighted by molar-refractivity contribution is 0.112. The van der Waals surface area contributed by atoms with Crippen molar-refractivity contribution in [1.29, 1.82) is 0 Å². The highest BCUT2D eigenvalue weighted by Crippen LogP contribution is 2.17. The molecular weight excluding hydrogens is 187 g/mol. The molecule has 0 radical (unpaired) electrons. The Balaban J connectivity index is 2.48. The number of hydrogen-bond donors (Lipinski definition) is 0. The van der Waals surface area contributed by atoms with E-state index < -0.39 is 5.82 Å². The Morgan fingerprint density at radius 2 is 2.29 bits per heavy atom. The molecule has 0 aliphatic carbocycles. The van der Waals surface area contributed by atoms with Gasteiger partial charge in [0, 0.05) is 5.56 Å². The second-order valence-electron chi connectivity index (χ2n) is 2.61. The quantitative estimate of drug-likeness (QED) is 0.679. The fourth-order valence-electron chi connectivity index (χ4n) is 1.06. The van der Waals surface area contributed by atoms with E-state index in [1.165, 1.54) is 12.1 Å². The van der Waals surface area contributed by atoms with Crippen molar-refractivity contribution in [3.8, 4) is 11.4 Å². The number of nitrogens with zero attached hydrogens (tertiary/aromatic N) is 2. The molecule has 0 fully saturated rings. The molecule has 14 heavy (non-hydrogen) atoms. The summed E-state index contributed by atoms with van der Waals surface area (Å²) >= 11 is 0. The van der Waals surface area contributed by atoms with E-state index in [4.69, 9.17) is 0 Å². The van der Waals surface area contributed by atoms with Gasteiger partial charge in [-0.25, -0.2) is 4.39 Å². The number of rotatable bonds is 2. The Morgan fingerprint density at radius 1 is 1.43 bits per heavy atom. The molecule has 1 aromatic heterocycles. The van der Waals surface area contributed by atoms with Crippen LogP contribution in [0.25, 0.3) is 11.4 Å². The van der Waals surface area contributed by atoms with Gasteiger partial charge in [0.05, 0.1) is 5.56 Å². The van der Waals surface area contributed by atoms with E-state index >= 15 is 0 Å². The number of halogens is 1. The molecule has 0 unspecified atom stereocenters. The Kier molecular flexibility index (Phi) is 2.06. The van der Waals surface area contributed by atoms with Gasteiger partial charge in [-0.2, -0.15) is 4.98 Å². The van der Waals surface area contributed by atoms with Crippen molar-refractivity contribution < 1.29 is 13.7 Å². The predicted molar refractivity (Wildman–Crippen MR) is 45.1 cm³/mol. The van der Waals surface area contributed by atoms with Gasteiger partial charge < -0.3 is 4.52 Å². The van der Waals surface area contributed by atoms with E-state index in [2.05, 4.69) is 14.7 Å². The second-order valence-corrected chi connectivity index (χ2v) is 2.61. The van der Waals surface area contributed by atoms with Crippen molar-refractivity contribution in [2.24, 2.45) is 0 Å². The number of aromatic nitrogens is 2. The molecule has 0 N–H and O–H groups in total. The van der Waals surface area contributed by atoms with Crippen molar-refractivity contribution in [2.45, 2.75) is 0 Å². The van der Waals surface area contributed by atoms with Crippen molar-refractivity contribution in [1.82, 2.24) is 10.1 Å². The fourth-order valence-corrected chi connectivity index (χ4v) is 1.06. The lowest BCUT2D eigenvalue weighted by atomic mass is 10.1. The van der Waals surface area contributed by atoms with Gasteiger partial charge in [0.2, 0.25) is 12.2 Å². The van der Waals surface area contributed by atoms with E-state index in [1.807, 2.05) is 0 Å². The molecule has 0 amide bonds. The van der Waals surface area contributed by atoms with E-state index in [1.54, 1.807) is 6.07 Å². The van der Waals surface area contributed by atoms with Gasteiger partial charge in [-0.05, 0) is 12.1 Å². The van der Waals surface area contributed by atoms with Gasteiger partial charge in [0.25, 0.3) is 0 Å². The van der Waals surface area contributed by atoms with E-state index in [0.717, 1.165) is 6.39 Å². The molecule has 1 aromatic carbocycles. The van der Waals surface area contributed by atoms with Crippen LogP contribution in [0.1, 0.15) is 10.4 Å². The average Bonchev–Trinajstić information content (AvgIpc) is 2.70. The molecule has 0 aliphatic heterocycles. The summed E-state index contributed by atoms with van der Waals surface area (Å²) in [5.74, 6) is -0.302. The minimum atomic E-state index is -0.595. The van der Waals surface area contributed by atoms with Crippen molar-refractivity contribution in [3.05, 3.63) is 36.0 Å². The molecule has 0 saturated carbocycles. The third kappa shape index (κ3) is 1.39. The van der Waals surface area contributed by atoms with Crippen molar-refractivity contribution in [3.63, 3.8) is 0 Å². The number of hydrogen-bond acceptors (Lipinski definition) is 4.